The van der Waals surface area contributed by atoms with Gasteiger partial charge >= 0.3 is 5.97 Å². The van der Waals surface area contributed by atoms with Gasteiger partial charge in [-0.15, -0.1) is 0 Å². The number of carbonyl (C=O) groups is 1. The van der Waals surface area contributed by atoms with E-state index in [0.717, 1.165) is 25.7 Å². The van der Waals surface area contributed by atoms with Crippen LogP contribution in [0.2, 0.25) is 0 Å². The molecule has 1 unspecified atom stereocenters. The molecule has 0 saturated carbocycles. The predicted molar refractivity (Wildman–Crippen MR) is 68.8 cm³/mol. The molecule has 0 heterocycles. The van der Waals surface area contributed by atoms with Crippen LogP contribution in [0.4, 0.5) is 0 Å². The van der Waals surface area contributed by atoms with Gasteiger partial charge in [0, 0.05) is 0 Å². The van der Waals surface area contributed by atoms with Crippen LogP contribution in [0.1, 0.15) is 49.9 Å². The number of esters is 1. The molecule has 100 valence electrons. The summed E-state index contributed by atoms with van der Waals surface area (Å²) in [6.07, 6.45) is 3.86. The largest absolute Gasteiger partial charge is 0.508 e. The van der Waals surface area contributed by atoms with Crippen LogP contribution in [0.5, 0.6) is 11.5 Å². The molecule has 1 aromatic carbocycles. The highest BCUT2D eigenvalue weighted by Gasteiger charge is 2.16. The van der Waals surface area contributed by atoms with Gasteiger partial charge in [-0.2, -0.15) is 0 Å². The van der Waals surface area contributed by atoms with E-state index in [4.69, 9.17) is 4.74 Å². The van der Waals surface area contributed by atoms with E-state index in [-0.39, 0.29) is 23.2 Å². The Labute approximate surface area is 107 Å². The van der Waals surface area contributed by atoms with Crippen molar-refractivity contribution in [3.05, 3.63) is 23.8 Å². The molecule has 0 spiro atoms. The van der Waals surface area contributed by atoms with Crippen LogP contribution in [-0.4, -0.2) is 22.3 Å². The number of carbonyl (C=O) groups excluding carboxylic acids is 1. The average Bonchev–Trinajstić information content (AvgIpc) is 2.32. The maximum atomic E-state index is 11.8. The zero-order chi connectivity index (χ0) is 13.5. The normalized spacial score (nSPS) is 12.1. The molecule has 4 nitrogen and oxygen atoms in total. The Bertz CT molecular complexity index is 401. The Kier molecular flexibility index (Phi) is 5.49. The zero-order valence-corrected chi connectivity index (χ0v) is 10.8. The van der Waals surface area contributed by atoms with Gasteiger partial charge in [-0.05, 0) is 38.0 Å². The van der Waals surface area contributed by atoms with Gasteiger partial charge in [0.1, 0.15) is 17.1 Å². The smallest absolute Gasteiger partial charge is 0.342 e. The second-order valence-electron chi connectivity index (χ2n) is 4.41. The average molecular weight is 252 g/mol. The van der Waals surface area contributed by atoms with Crippen molar-refractivity contribution in [2.45, 2.75) is 45.6 Å². The van der Waals surface area contributed by atoms with E-state index < -0.39 is 5.97 Å². The first-order chi connectivity index (χ1) is 8.54. The Balaban J connectivity index is 2.56. The summed E-state index contributed by atoms with van der Waals surface area (Å²) in [5.41, 5.74) is -0.00246. The first kappa shape index (κ1) is 14.4. The fourth-order valence-electron chi connectivity index (χ4n) is 1.67. The first-order valence-corrected chi connectivity index (χ1v) is 6.27. The summed E-state index contributed by atoms with van der Waals surface area (Å²) in [7, 11) is 0. The monoisotopic (exact) mass is 252 g/mol. The predicted octanol–water partition coefficient (Wildman–Crippen LogP) is 3.22. The van der Waals surface area contributed by atoms with Crippen LogP contribution in [0.3, 0.4) is 0 Å². The van der Waals surface area contributed by atoms with E-state index in [1.807, 2.05) is 6.92 Å². The minimum absolute atomic E-state index is 0.00246. The van der Waals surface area contributed by atoms with Gasteiger partial charge in [-0.1, -0.05) is 19.8 Å². The molecule has 0 amide bonds. The third-order valence-corrected chi connectivity index (χ3v) is 2.72. The Morgan fingerprint density at radius 1 is 1.33 bits per heavy atom. The van der Waals surface area contributed by atoms with E-state index in [9.17, 15) is 15.0 Å². The maximum Gasteiger partial charge on any atom is 0.342 e. The topological polar surface area (TPSA) is 66.8 Å². The molecule has 0 fully saturated rings. The van der Waals surface area contributed by atoms with Gasteiger partial charge in [-0.3, -0.25) is 0 Å². The molecular weight excluding hydrogens is 232 g/mol. The van der Waals surface area contributed by atoms with Gasteiger partial charge < -0.3 is 14.9 Å². The van der Waals surface area contributed by atoms with E-state index in [1.54, 1.807) is 0 Å². The van der Waals surface area contributed by atoms with E-state index in [1.165, 1.54) is 18.2 Å². The molecule has 0 aliphatic heterocycles. The van der Waals surface area contributed by atoms with Gasteiger partial charge in [0.15, 0.2) is 0 Å². The number of aromatic hydroxyl groups is 2. The Morgan fingerprint density at radius 2 is 2.06 bits per heavy atom. The van der Waals surface area contributed by atoms with Gasteiger partial charge in [0.2, 0.25) is 0 Å². The van der Waals surface area contributed by atoms with Gasteiger partial charge in [0.25, 0.3) is 0 Å². The molecule has 18 heavy (non-hydrogen) atoms. The molecule has 2 N–H and O–H groups in total. The Hall–Kier alpha value is -1.71. The minimum Gasteiger partial charge on any atom is -0.508 e. The van der Waals surface area contributed by atoms with E-state index in [0.29, 0.717) is 0 Å². The molecule has 0 bridgehead atoms. The summed E-state index contributed by atoms with van der Waals surface area (Å²) in [5.74, 6) is -0.857. The summed E-state index contributed by atoms with van der Waals surface area (Å²) in [6, 6.07) is 3.79. The number of phenolic OH excluding ortho intramolecular Hbond substituents is 2. The van der Waals surface area contributed by atoms with Crippen molar-refractivity contribution in [2.24, 2.45) is 0 Å². The lowest BCUT2D eigenvalue weighted by molar-refractivity contribution is 0.0316. The van der Waals surface area contributed by atoms with Crippen molar-refractivity contribution in [3.63, 3.8) is 0 Å². The van der Waals surface area contributed by atoms with Crippen molar-refractivity contribution >= 4 is 5.97 Å². The van der Waals surface area contributed by atoms with Crippen molar-refractivity contribution in [1.82, 2.24) is 0 Å². The minimum atomic E-state index is -0.604. The van der Waals surface area contributed by atoms with Crippen LogP contribution in [-0.2, 0) is 4.74 Å². The third-order valence-electron chi connectivity index (χ3n) is 2.72. The molecule has 4 heteroatoms. The quantitative estimate of drug-likeness (QED) is 0.463. The number of rotatable bonds is 6. The standard InChI is InChI=1S/C14H20O4/c1-3-4-5-6-10(2)18-14(17)12-9-11(15)7-8-13(12)16/h7-10,15-16H,3-6H2,1-2H3. The SMILES string of the molecule is CCCCCC(C)OC(=O)c1cc(O)ccc1O. The van der Waals surface area contributed by atoms with Crippen molar-refractivity contribution in [1.29, 1.82) is 0 Å². The van der Waals surface area contributed by atoms with Crippen LogP contribution in [0.15, 0.2) is 18.2 Å². The lowest BCUT2D eigenvalue weighted by Crippen LogP contribution is -2.15. The summed E-state index contributed by atoms with van der Waals surface area (Å²) in [5, 5.41) is 18.8. The van der Waals surface area contributed by atoms with Crippen LogP contribution >= 0.6 is 0 Å². The second kappa shape index (κ2) is 6.89. The zero-order valence-electron chi connectivity index (χ0n) is 10.8. The number of hydrogen-bond acceptors (Lipinski definition) is 4. The Morgan fingerprint density at radius 3 is 2.72 bits per heavy atom. The molecular formula is C14H20O4. The summed E-state index contributed by atoms with van der Waals surface area (Å²) in [4.78, 5) is 11.8. The van der Waals surface area contributed by atoms with Gasteiger partial charge in [-0.25, -0.2) is 4.79 Å². The number of phenols is 2. The number of unbranched alkanes of at least 4 members (excludes halogenated alkanes) is 2. The lowest BCUT2D eigenvalue weighted by atomic mass is 10.1. The van der Waals surface area contributed by atoms with Crippen LogP contribution < -0.4 is 0 Å². The van der Waals surface area contributed by atoms with E-state index in [2.05, 4.69) is 6.92 Å². The molecule has 0 saturated heterocycles. The second-order valence-corrected chi connectivity index (χ2v) is 4.41. The highest BCUT2D eigenvalue weighted by Crippen LogP contribution is 2.23. The molecule has 0 radical (unpaired) electrons. The first-order valence-electron chi connectivity index (χ1n) is 6.27. The molecule has 0 aliphatic carbocycles. The van der Waals surface area contributed by atoms with E-state index >= 15 is 0 Å². The molecule has 1 aromatic rings. The van der Waals surface area contributed by atoms with Crippen molar-refractivity contribution < 1.29 is 19.7 Å². The van der Waals surface area contributed by atoms with Crippen LogP contribution in [0, 0.1) is 0 Å². The molecule has 0 aliphatic rings. The fraction of sp³-hybridized carbons (Fsp3) is 0.500. The van der Waals surface area contributed by atoms with Crippen molar-refractivity contribution in [2.75, 3.05) is 0 Å². The fourth-order valence-corrected chi connectivity index (χ4v) is 1.67. The summed E-state index contributed by atoms with van der Waals surface area (Å²) < 4.78 is 5.21. The number of hydrogen-bond donors (Lipinski definition) is 2. The summed E-state index contributed by atoms with van der Waals surface area (Å²) in [6.45, 7) is 3.94. The highest BCUT2D eigenvalue weighted by molar-refractivity contribution is 5.92. The number of ether oxygens (including phenoxy) is 1. The molecule has 1 rings (SSSR count). The maximum absolute atomic E-state index is 11.8. The van der Waals surface area contributed by atoms with Gasteiger partial charge in [0.05, 0.1) is 6.10 Å². The van der Waals surface area contributed by atoms with Crippen molar-refractivity contribution in [3.8, 4) is 11.5 Å². The molecule has 1 atom stereocenters. The lowest BCUT2D eigenvalue weighted by Gasteiger charge is -2.13. The number of benzene rings is 1. The third kappa shape index (κ3) is 4.28. The van der Waals surface area contributed by atoms with Crippen LogP contribution in [0.25, 0.3) is 0 Å². The highest BCUT2D eigenvalue weighted by atomic mass is 16.5. The summed E-state index contributed by atoms with van der Waals surface area (Å²) >= 11 is 0. The molecule has 0 aromatic heterocycles.